The van der Waals surface area contributed by atoms with Gasteiger partial charge in [-0.3, -0.25) is 4.90 Å². The average molecular weight is 262 g/mol. The number of aryl methyl sites for hydroxylation is 1. The van der Waals surface area contributed by atoms with Gasteiger partial charge in [0.25, 0.3) is 0 Å². The first-order valence-corrected chi connectivity index (χ1v) is 7.48. The Labute approximate surface area is 116 Å². The summed E-state index contributed by atoms with van der Waals surface area (Å²) < 4.78 is 0. The Morgan fingerprint density at radius 2 is 1.47 bits per heavy atom. The minimum atomic E-state index is 0.289. The molecule has 0 unspecified atom stereocenters. The van der Waals surface area contributed by atoms with Gasteiger partial charge in [0.1, 0.15) is 0 Å². The molecule has 1 N–H and O–H groups in total. The molecule has 3 heteroatoms. The van der Waals surface area contributed by atoms with Crippen molar-refractivity contribution in [3.63, 3.8) is 0 Å². The van der Waals surface area contributed by atoms with Crippen molar-refractivity contribution in [3.8, 4) is 0 Å². The van der Waals surface area contributed by atoms with Crippen LogP contribution in [0.5, 0.6) is 0 Å². The van der Waals surface area contributed by atoms with Crippen LogP contribution in [0.15, 0.2) is 30.3 Å². The van der Waals surface area contributed by atoms with Gasteiger partial charge in [-0.2, -0.15) is 0 Å². The zero-order chi connectivity index (χ0) is 13.3. The third kappa shape index (κ3) is 5.31. The van der Waals surface area contributed by atoms with Crippen LogP contribution in [0.4, 0.5) is 0 Å². The number of rotatable bonds is 7. The fourth-order valence-electron chi connectivity index (χ4n) is 2.69. The Kier molecular flexibility index (Phi) is 6.34. The number of hydrogen-bond donors (Lipinski definition) is 1. The lowest BCUT2D eigenvalue weighted by molar-refractivity contribution is 0.111. The molecule has 1 aromatic rings. The first-order chi connectivity index (χ1) is 9.38. The summed E-state index contributed by atoms with van der Waals surface area (Å²) in [5.74, 6) is 0. The highest BCUT2D eigenvalue weighted by atomic mass is 16.3. The van der Waals surface area contributed by atoms with Crippen molar-refractivity contribution < 1.29 is 5.11 Å². The van der Waals surface area contributed by atoms with Crippen molar-refractivity contribution in [3.05, 3.63) is 35.9 Å². The third-order valence-corrected chi connectivity index (χ3v) is 3.91. The highest BCUT2D eigenvalue weighted by molar-refractivity contribution is 5.14. The Balaban J connectivity index is 1.55. The van der Waals surface area contributed by atoms with E-state index >= 15 is 0 Å². The first kappa shape index (κ1) is 14.5. The lowest BCUT2D eigenvalue weighted by Crippen LogP contribution is -2.47. The minimum Gasteiger partial charge on any atom is -0.395 e. The second-order valence-corrected chi connectivity index (χ2v) is 5.35. The number of piperazine rings is 1. The predicted octanol–water partition coefficient (Wildman–Crippen LogP) is 1.62. The van der Waals surface area contributed by atoms with Crippen molar-refractivity contribution in [2.24, 2.45) is 0 Å². The summed E-state index contributed by atoms with van der Waals surface area (Å²) in [5.41, 5.74) is 1.45. The molecule has 0 bridgehead atoms. The summed E-state index contributed by atoms with van der Waals surface area (Å²) >= 11 is 0. The van der Waals surface area contributed by atoms with Gasteiger partial charge in [-0.15, -0.1) is 0 Å². The Hall–Kier alpha value is -0.900. The summed E-state index contributed by atoms with van der Waals surface area (Å²) in [4.78, 5) is 4.90. The largest absolute Gasteiger partial charge is 0.395 e. The van der Waals surface area contributed by atoms with Gasteiger partial charge in [0.05, 0.1) is 6.61 Å². The van der Waals surface area contributed by atoms with Gasteiger partial charge >= 0.3 is 0 Å². The average Bonchev–Trinajstić information content (AvgIpc) is 2.47. The maximum Gasteiger partial charge on any atom is 0.0558 e. The standard InChI is InChI=1S/C16H26N2O/c19-15-14-18-12-10-17(11-13-18)9-5-4-8-16-6-2-1-3-7-16/h1-3,6-7,19H,4-5,8-15H2. The van der Waals surface area contributed by atoms with Gasteiger partial charge in [0, 0.05) is 32.7 Å². The molecule has 1 heterocycles. The fourth-order valence-corrected chi connectivity index (χ4v) is 2.69. The molecule has 0 amide bonds. The van der Waals surface area contributed by atoms with Crippen molar-refractivity contribution in [1.82, 2.24) is 9.80 Å². The summed E-state index contributed by atoms with van der Waals surface area (Å²) in [6, 6.07) is 10.8. The van der Waals surface area contributed by atoms with Crippen LogP contribution in [0.2, 0.25) is 0 Å². The lowest BCUT2D eigenvalue weighted by atomic mass is 10.1. The van der Waals surface area contributed by atoms with Crippen LogP contribution in [0.25, 0.3) is 0 Å². The molecule has 19 heavy (non-hydrogen) atoms. The number of benzene rings is 1. The number of aliphatic hydroxyl groups is 1. The summed E-state index contributed by atoms with van der Waals surface area (Å²) in [7, 11) is 0. The van der Waals surface area contributed by atoms with Crippen LogP contribution < -0.4 is 0 Å². The van der Waals surface area contributed by atoms with Crippen LogP contribution in [-0.4, -0.2) is 60.8 Å². The van der Waals surface area contributed by atoms with Gasteiger partial charge in [-0.1, -0.05) is 30.3 Å². The predicted molar refractivity (Wildman–Crippen MR) is 79.3 cm³/mol. The molecule has 0 atom stereocenters. The van der Waals surface area contributed by atoms with Crippen LogP contribution in [0, 0.1) is 0 Å². The van der Waals surface area contributed by atoms with Crippen LogP contribution >= 0.6 is 0 Å². The molecule has 2 rings (SSSR count). The number of unbranched alkanes of at least 4 members (excludes halogenated alkanes) is 1. The first-order valence-electron chi connectivity index (χ1n) is 7.48. The summed E-state index contributed by atoms with van der Waals surface area (Å²) in [6.45, 7) is 6.88. The normalized spacial score (nSPS) is 17.7. The molecule has 3 nitrogen and oxygen atoms in total. The molecule has 0 saturated carbocycles. The number of hydrogen-bond acceptors (Lipinski definition) is 3. The van der Waals surface area contributed by atoms with E-state index in [0.717, 1.165) is 32.7 Å². The van der Waals surface area contributed by atoms with Gasteiger partial charge in [-0.05, 0) is 31.4 Å². The minimum absolute atomic E-state index is 0.289. The lowest BCUT2D eigenvalue weighted by Gasteiger charge is -2.34. The third-order valence-electron chi connectivity index (χ3n) is 3.91. The van der Waals surface area contributed by atoms with Crippen LogP contribution in [0.1, 0.15) is 18.4 Å². The molecule has 106 valence electrons. The number of nitrogens with zero attached hydrogens (tertiary/aromatic N) is 2. The zero-order valence-electron chi connectivity index (χ0n) is 11.8. The maximum absolute atomic E-state index is 8.91. The van der Waals surface area contributed by atoms with E-state index in [1.807, 2.05) is 0 Å². The molecular formula is C16H26N2O. The molecule has 0 spiro atoms. The quantitative estimate of drug-likeness (QED) is 0.757. The Bertz CT molecular complexity index is 334. The maximum atomic E-state index is 8.91. The second-order valence-electron chi connectivity index (χ2n) is 5.35. The van der Waals surface area contributed by atoms with E-state index in [2.05, 4.69) is 40.1 Å². The van der Waals surface area contributed by atoms with E-state index in [1.165, 1.54) is 31.4 Å². The van der Waals surface area contributed by atoms with Crippen LogP contribution in [0.3, 0.4) is 0 Å². The van der Waals surface area contributed by atoms with E-state index in [9.17, 15) is 0 Å². The molecule has 1 fully saturated rings. The molecule has 1 aromatic carbocycles. The van der Waals surface area contributed by atoms with Crippen molar-refractivity contribution >= 4 is 0 Å². The SMILES string of the molecule is OCCN1CCN(CCCCc2ccccc2)CC1. The smallest absolute Gasteiger partial charge is 0.0558 e. The van der Waals surface area contributed by atoms with Crippen LogP contribution in [-0.2, 0) is 6.42 Å². The molecule has 1 saturated heterocycles. The monoisotopic (exact) mass is 262 g/mol. The Morgan fingerprint density at radius 3 is 2.11 bits per heavy atom. The van der Waals surface area contributed by atoms with Gasteiger partial charge in [0.2, 0.25) is 0 Å². The van der Waals surface area contributed by atoms with Crippen molar-refractivity contribution in [1.29, 1.82) is 0 Å². The highest BCUT2D eigenvalue weighted by Crippen LogP contribution is 2.07. The zero-order valence-corrected chi connectivity index (χ0v) is 11.8. The van der Waals surface area contributed by atoms with E-state index in [-0.39, 0.29) is 6.61 Å². The van der Waals surface area contributed by atoms with E-state index in [1.54, 1.807) is 0 Å². The molecule has 0 aliphatic carbocycles. The van der Waals surface area contributed by atoms with Gasteiger partial charge in [-0.25, -0.2) is 0 Å². The van der Waals surface area contributed by atoms with E-state index < -0.39 is 0 Å². The molecular weight excluding hydrogens is 236 g/mol. The second kappa shape index (κ2) is 8.31. The number of aliphatic hydroxyl groups excluding tert-OH is 1. The molecule has 1 aliphatic heterocycles. The fraction of sp³-hybridized carbons (Fsp3) is 0.625. The molecule has 0 radical (unpaired) electrons. The summed E-state index contributed by atoms with van der Waals surface area (Å²) in [6.07, 6.45) is 3.76. The molecule has 0 aromatic heterocycles. The van der Waals surface area contributed by atoms with Gasteiger partial charge in [0.15, 0.2) is 0 Å². The van der Waals surface area contributed by atoms with Crippen molar-refractivity contribution in [2.45, 2.75) is 19.3 Å². The van der Waals surface area contributed by atoms with Crippen molar-refractivity contribution in [2.75, 3.05) is 45.9 Å². The van der Waals surface area contributed by atoms with E-state index in [0.29, 0.717) is 0 Å². The number of β-amino-alcohol motifs (C(OH)–C–C–N with tert-alkyl or cyclic N) is 1. The summed E-state index contributed by atoms with van der Waals surface area (Å²) in [5, 5.41) is 8.91. The van der Waals surface area contributed by atoms with Gasteiger partial charge < -0.3 is 10.0 Å². The highest BCUT2D eigenvalue weighted by Gasteiger charge is 2.15. The Morgan fingerprint density at radius 1 is 0.842 bits per heavy atom. The molecule has 1 aliphatic rings. The van der Waals surface area contributed by atoms with E-state index in [4.69, 9.17) is 5.11 Å². The topological polar surface area (TPSA) is 26.7 Å².